The fourth-order valence-corrected chi connectivity index (χ4v) is 11.2. The SMILES string of the molecule is CC1(C)C(=CC=C2CCCC(C=CC3=[N+](CCCCS(=O)(=O)O)c4ccc(S(=O)(=O)O)cc4C3(C)C)=C2Oc2ccc(CCC(=O)O)cc2)N(CCCCS(=O)(=O)[O-])c2ccc(S(=O)(=O)O)cc21. The van der Waals surface area contributed by atoms with Gasteiger partial charge < -0.3 is 19.3 Å². The van der Waals surface area contributed by atoms with Crippen molar-refractivity contribution in [3.05, 3.63) is 124 Å². The standard InChI is InChI=1S/C47H56N2O15S4/c1-46(2)38-30-36(67(58,59)60)19-21-40(38)48(26-5-7-28-65(52,53)54)42(46)23-15-33-10-9-11-34(45(33)64-35-17-12-32(13-18-35)14-25-44(50)51)16-24-43-47(3,4)39-31-37(68(61,62)63)20-22-41(39)49(43)27-6-8-29-66(55,56)57/h12-13,15-24,30-31H,5-11,14,25-29H2,1-4H3,(H4-,50,51,52,53,54,55,56,57,58,59,60,61,62,63). The molecule has 0 unspecified atom stereocenters. The molecule has 0 fully saturated rings. The van der Waals surface area contributed by atoms with Gasteiger partial charge in [0.2, 0.25) is 5.69 Å². The van der Waals surface area contributed by atoms with E-state index in [0.29, 0.717) is 79.1 Å². The Hall–Kier alpha value is -5.00. The molecule has 3 aromatic carbocycles. The van der Waals surface area contributed by atoms with Gasteiger partial charge in [-0.2, -0.15) is 29.8 Å². The summed E-state index contributed by atoms with van der Waals surface area (Å²) in [6, 6.07) is 15.6. The van der Waals surface area contributed by atoms with E-state index in [1.165, 1.54) is 24.3 Å². The van der Waals surface area contributed by atoms with Crippen LogP contribution in [-0.2, 0) is 62.5 Å². The first-order valence-electron chi connectivity index (χ1n) is 21.9. The maximum absolute atomic E-state index is 12.3. The van der Waals surface area contributed by atoms with Crippen molar-refractivity contribution >= 4 is 63.5 Å². The number of carbonyl (C=O) groups is 1. The van der Waals surface area contributed by atoms with Gasteiger partial charge in [-0.05, 0) is 136 Å². The Labute approximate surface area is 398 Å². The van der Waals surface area contributed by atoms with Crippen LogP contribution in [0, 0.1) is 0 Å². The number of carboxylic acids is 1. The van der Waals surface area contributed by atoms with Gasteiger partial charge in [-0.3, -0.25) is 18.5 Å². The van der Waals surface area contributed by atoms with E-state index in [-0.39, 0.29) is 35.6 Å². The fraction of sp³-hybridized carbons (Fsp3) is 0.404. The second kappa shape index (κ2) is 20.2. The number of unbranched alkanes of at least 4 members (excludes halogenated alkanes) is 2. The lowest BCUT2D eigenvalue weighted by Crippen LogP contribution is -2.28. The molecule has 3 aromatic rings. The molecular weight excluding hydrogens is 961 g/mol. The van der Waals surface area contributed by atoms with Gasteiger partial charge in [-0.15, -0.1) is 0 Å². The molecule has 2 aliphatic heterocycles. The lowest BCUT2D eigenvalue weighted by Gasteiger charge is -2.27. The highest BCUT2D eigenvalue weighted by Gasteiger charge is 2.45. The summed E-state index contributed by atoms with van der Waals surface area (Å²) >= 11 is 0. The smallest absolute Gasteiger partial charge is 0.303 e. The summed E-state index contributed by atoms with van der Waals surface area (Å²) in [5.41, 5.74) is 4.62. The topological polar surface area (TPSA) is 273 Å². The predicted octanol–water partition coefficient (Wildman–Crippen LogP) is 7.25. The molecule has 0 saturated carbocycles. The molecule has 0 aromatic heterocycles. The second-order valence-electron chi connectivity index (χ2n) is 18.1. The number of aryl methyl sites for hydroxylation is 1. The zero-order valence-corrected chi connectivity index (χ0v) is 41.3. The third kappa shape index (κ3) is 12.6. The van der Waals surface area contributed by atoms with Gasteiger partial charge in [0, 0.05) is 59.6 Å². The van der Waals surface area contributed by atoms with Crippen LogP contribution in [0.5, 0.6) is 5.75 Å². The third-order valence-corrected chi connectivity index (χ3v) is 15.8. The van der Waals surface area contributed by atoms with Crippen molar-refractivity contribution in [2.75, 3.05) is 29.5 Å². The van der Waals surface area contributed by atoms with Crippen molar-refractivity contribution in [1.29, 1.82) is 0 Å². The molecule has 0 radical (unpaired) electrons. The highest BCUT2D eigenvalue weighted by Crippen LogP contribution is 2.49. The Kier molecular flexibility index (Phi) is 15.5. The van der Waals surface area contributed by atoms with Crippen LogP contribution >= 0.6 is 0 Å². The summed E-state index contributed by atoms with van der Waals surface area (Å²) in [7, 11) is -17.8. The zero-order chi connectivity index (χ0) is 50.0. The van der Waals surface area contributed by atoms with E-state index >= 15 is 0 Å². The monoisotopic (exact) mass is 1020 g/mol. The summed E-state index contributed by atoms with van der Waals surface area (Å²) in [6.07, 6.45) is 10.6. The van der Waals surface area contributed by atoms with Crippen molar-refractivity contribution in [3.63, 3.8) is 0 Å². The molecule has 1 aliphatic carbocycles. The Morgan fingerprint density at radius 2 is 1.40 bits per heavy atom. The van der Waals surface area contributed by atoms with Crippen molar-refractivity contribution in [2.45, 2.75) is 106 Å². The average Bonchev–Trinajstić information content (AvgIpc) is 3.58. The minimum atomic E-state index is -4.56. The van der Waals surface area contributed by atoms with E-state index in [0.717, 1.165) is 28.1 Å². The number of fused-ring (bicyclic) bond motifs is 2. The van der Waals surface area contributed by atoms with Gasteiger partial charge >= 0.3 is 5.97 Å². The molecule has 68 heavy (non-hydrogen) atoms. The lowest BCUT2D eigenvalue weighted by molar-refractivity contribution is -0.438. The summed E-state index contributed by atoms with van der Waals surface area (Å²) in [5, 5.41) is 9.23. The van der Waals surface area contributed by atoms with Crippen molar-refractivity contribution in [3.8, 4) is 5.75 Å². The second-order valence-corrected chi connectivity index (χ2v) is 24.1. The number of ether oxygens (including phenoxy) is 1. The van der Waals surface area contributed by atoms with Gasteiger partial charge in [0.15, 0.2) is 5.71 Å². The van der Waals surface area contributed by atoms with Crippen LogP contribution < -0.4 is 9.64 Å². The number of hydrogen-bond donors (Lipinski definition) is 4. The Bertz CT molecular complexity index is 3090. The molecule has 0 bridgehead atoms. The number of nitrogens with zero attached hydrogens (tertiary/aromatic N) is 2. The van der Waals surface area contributed by atoms with Crippen LogP contribution in [0.2, 0.25) is 0 Å². The van der Waals surface area contributed by atoms with Crippen LogP contribution in [0.1, 0.15) is 95.8 Å². The van der Waals surface area contributed by atoms with Crippen molar-refractivity contribution < 1.29 is 71.1 Å². The van der Waals surface area contributed by atoms with Gasteiger partial charge in [-0.25, -0.2) is 8.42 Å². The zero-order valence-electron chi connectivity index (χ0n) is 38.1. The Morgan fingerprint density at radius 1 is 0.765 bits per heavy atom. The minimum Gasteiger partial charge on any atom is -0.748 e. The van der Waals surface area contributed by atoms with E-state index in [4.69, 9.17) is 4.74 Å². The highest BCUT2D eigenvalue weighted by atomic mass is 32.2. The van der Waals surface area contributed by atoms with Crippen LogP contribution in [0.3, 0.4) is 0 Å². The molecule has 0 amide bonds. The molecule has 21 heteroatoms. The minimum absolute atomic E-state index is 0.0539. The maximum Gasteiger partial charge on any atom is 0.303 e. The van der Waals surface area contributed by atoms with E-state index in [2.05, 4.69) is 0 Å². The largest absolute Gasteiger partial charge is 0.748 e. The predicted molar refractivity (Wildman–Crippen MR) is 254 cm³/mol. The van der Waals surface area contributed by atoms with E-state index < -0.39 is 68.8 Å². The molecule has 2 heterocycles. The first-order valence-corrected chi connectivity index (χ1v) is 28.0. The van der Waals surface area contributed by atoms with E-state index in [1.54, 1.807) is 36.4 Å². The van der Waals surface area contributed by atoms with Gasteiger partial charge in [0.05, 0.1) is 31.1 Å². The molecule has 368 valence electrons. The molecule has 4 N–H and O–H groups in total. The van der Waals surface area contributed by atoms with Crippen LogP contribution in [0.15, 0.2) is 117 Å². The van der Waals surface area contributed by atoms with Crippen LogP contribution in [-0.4, -0.2) is 97.8 Å². The highest BCUT2D eigenvalue weighted by molar-refractivity contribution is 7.86. The third-order valence-electron chi connectivity index (χ3n) is 12.5. The summed E-state index contributed by atoms with van der Waals surface area (Å²) in [4.78, 5) is 12.6. The van der Waals surface area contributed by atoms with Gasteiger partial charge in [0.1, 0.15) is 18.1 Å². The lowest BCUT2D eigenvalue weighted by atomic mass is 9.81. The summed E-state index contributed by atoms with van der Waals surface area (Å²) in [5.74, 6) is -0.946. The van der Waals surface area contributed by atoms with Crippen molar-refractivity contribution in [2.24, 2.45) is 0 Å². The number of aliphatic carboxylic acids is 1. The summed E-state index contributed by atoms with van der Waals surface area (Å²) < 4.78 is 144. The number of allylic oxidation sites excluding steroid dienone is 7. The van der Waals surface area contributed by atoms with Crippen molar-refractivity contribution in [1.82, 2.24) is 0 Å². The molecule has 0 spiro atoms. The fourth-order valence-electron chi connectivity index (χ4n) is 9.02. The Morgan fingerprint density at radius 3 is 2.01 bits per heavy atom. The first kappa shape index (κ1) is 52.4. The van der Waals surface area contributed by atoms with E-state index in [1.807, 2.05) is 61.5 Å². The summed E-state index contributed by atoms with van der Waals surface area (Å²) in [6.45, 7) is 8.18. The number of anilines is 1. The number of benzene rings is 3. The normalized spacial score (nSPS) is 18.5. The Balaban J connectivity index is 1.47. The molecule has 17 nitrogen and oxygen atoms in total. The number of hydrogen-bond acceptors (Lipinski definition) is 12. The molecule has 6 rings (SSSR count). The first-order chi connectivity index (χ1) is 31.6. The number of carboxylic acid groups (broad SMARTS) is 1. The quantitative estimate of drug-likeness (QED) is 0.0493. The number of rotatable bonds is 20. The van der Waals surface area contributed by atoms with Crippen LogP contribution in [0.4, 0.5) is 11.4 Å². The van der Waals surface area contributed by atoms with Crippen LogP contribution in [0.25, 0.3) is 0 Å². The van der Waals surface area contributed by atoms with Gasteiger partial charge in [0.25, 0.3) is 30.4 Å². The van der Waals surface area contributed by atoms with Gasteiger partial charge in [-0.1, -0.05) is 32.1 Å². The maximum atomic E-state index is 12.3. The molecule has 0 saturated heterocycles. The van der Waals surface area contributed by atoms with E-state index in [9.17, 15) is 61.8 Å². The molecular formula is C47H56N2O15S4. The average molecular weight is 1020 g/mol. The molecule has 0 atom stereocenters. The molecule has 3 aliphatic rings.